The molecule has 1 amide bonds. The molecule has 1 aromatic carbocycles. The number of benzene rings is 1. The van der Waals surface area contributed by atoms with Crippen LogP contribution in [0.15, 0.2) is 42.5 Å². The van der Waals surface area contributed by atoms with E-state index in [4.69, 9.17) is 0 Å². The van der Waals surface area contributed by atoms with Gasteiger partial charge in [-0.25, -0.2) is 0 Å². The Labute approximate surface area is 100 Å². The van der Waals surface area contributed by atoms with E-state index >= 15 is 0 Å². The minimum absolute atomic E-state index is 0.0936. The van der Waals surface area contributed by atoms with Crippen LogP contribution in [0.25, 0.3) is 0 Å². The van der Waals surface area contributed by atoms with E-state index in [1.54, 1.807) is 25.1 Å². The zero-order chi connectivity index (χ0) is 12.7. The average Bonchev–Trinajstić information content (AvgIpc) is 2.36. The highest BCUT2D eigenvalue weighted by molar-refractivity contribution is 6.04. The molecular weight excluding hydrogens is 218 g/mol. The van der Waals surface area contributed by atoms with Gasteiger partial charge in [0, 0.05) is 5.69 Å². The highest BCUT2D eigenvalue weighted by Gasteiger charge is 2.16. The molecule has 1 aromatic rings. The number of nitrogens with zero attached hydrogens (tertiary/aromatic N) is 1. The van der Waals surface area contributed by atoms with Crippen molar-refractivity contribution >= 4 is 17.6 Å². The predicted molar refractivity (Wildman–Crippen MR) is 65.6 cm³/mol. The van der Waals surface area contributed by atoms with E-state index in [1.807, 2.05) is 18.2 Å². The summed E-state index contributed by atoms with van der Waals surface area (Å²) in [5.74, 6) is -0.698. The average molecular weight is 233 g/mol. The molecule has 0 aromatic heterocycles. The summed E-state index contributed by atoms with van der Waals surface area (Å²) in [6, 6.07) is 9.00. The summed E-state index contributed by atoms with van der Waals surface area (Å²) in [5.41, 5.74) is 0.668. The van der Waals surface area contributed by atoms with Gasteiger partial charge in [-0.2, -0.15) is 0 Å². The first-order valence-corrected chi connectivity index (χ1v) is 5.25. The lowest BCUT2D eigenvalue weighted by Crippen LogP contribution is -2.35. The van der Waals surface area contributed by atoms with Gasteiger partial charge in [0.1, 0.15) is 6.54 Å². The van der Waals surface area contributed by atoms with E-state index in [-0.39, 0.29) is 12.5 Å². The molecule has 0 saturated carbocycles. The van der Waals surface area contributed by atoms with Crippen LogP contribution in [-0.4, -0.2) is 25.5 Å². The summed E-state index contributed by atoms with van der Waals surface area (Å²) in [7, 11) is 1.30. The van der Waals surface area contributed by atoms with E-state index in [0.29, 0.717) is 5.69 Å². The van der Waals surface area contributed by atoms with Crippen LogP contribution in [0.5, 0.6) is 0 Å². The van der Waals surface area contributed by atoms with Crippen LogP contribution in [0.1, 0.15) is 6.92 Å². The Kier molecular flexibility index (Phi) is 4.94. The molecule has 0 radical (unpaired) electrons. The third-order valence-corrected chi connectivity index (χ3v) is 2.16. The lowest BCUT2D eigenvalue weighted by Gasteiger charge is -2.19. The van der Waals surface area contributed by atoms with Gasteiger partial charge in [-0.05, 0) is 25.1 Å². The van der Waals surface area contributed by atoms with E-state index in [0.717, 1.165) is 0 Å². The van der Waals surface area contributed by atoms with Crippen molar-refractivity contribution in [1.82, 2.24) is 0 Å². The smallest absolute Gasteiger partial charge is 0.325 e. The zero-order valence-corrected chi connectivity index (χ0v) is 9.92. The maximum absolute atomic E-state index is 11.8. The van der Waals surface area contributed by atoms with Crippen LogP contribution >= 0.6 is 0 Å². The van der Waals surface area contributed by atoms with Crippen molar-refractivity contribution in [3.63, 3.8) is 0 Å². The molecule has 0 atom stereocenters. The van der Waals surface area contributed by atoms with Crippen LogP contribution in [0.3, 0.4) is 0 Å². The van der Waals surface area contributed by atoms with Crippen molar-refractivity contribution < 1.29 is 14.3 Å². The number of anilines is 1. The lowest BCUT2D eigenvalue weighted by molar-refractivity contribution is -0.139. The van der Waals surface area contributed by atoms with Crippen LogP contribution in [0, 0.1) is 0 Å². The van der Waals surface area contributed by atoms with Crippen molar-refractivity contribution in [1.29, 1.82) is 0 Å². The monoisotopic (exact) mass is 233 g/mol. The molecule has 0 saturated heterocycles. The molecule has 0 aliphatic rings. The molecule has 0 fully saturated rings. The first-order valence-electron chi connectivity index (χ1n) is 5.25. The SMILES string of the molecule is C/C=C/C(=O)N(CC(=O)OC)c1ccccc1. The predicted octanol–water partition coefficient (Wildman–Crippen LogP) is 1.77. The second-order valence-corrected chi connectivity index (χ2v) is 3.34. The highest BCUT2D eigenvalue weighted by Crippen LogP contribution is 2.13. The van der Waals surface area contributed by atoms with Gasteiger partial charge < -0.3 is 4.74 Å². The Hall–Kier alpha value is -2.10. The third-order valence-electron chi connectivity index (χ3n) is 2.16. The van der Waals surface area contributed by atoms with Crippen molar-refractivity contribution in [3.8, 4) is 0 Å². The van der Waals surface area contributed by atoms with E-state index < -0.39 is 5.97 Å². The minimum atomic E-state index is -0.452. The molecule has 90 valence electrons. The standard InChI is InChI=1S/C13H15NO3/c1-3-7-12(15)14(10-13(16)17-2)11-8-5-4-6-9-11/h3-9H,10H2,1-2H3/b7-3+. The summed E-state index contributed by atoms with van der Waals surface area (Å²) in [5, 5.41) is 0. The molecule has 0 heterocycles. The van der Waals surface area contributed by atoms with Gasteiger partial charge in [0.15, 0.2) is 0 Å². The molecule has 0 unspecified atom stereocenters. The van der Waals surface area contributed by atoms with Gasteiger partial charge in [-0.1, -0.05) is 24.3 Å². The molecule has 4 heteroatoms. The molecule has 4 nitrogen and oxygen atoms in total. The number of allylic oxidation sites excluding steroid dienone is 1. The van der Waals surface area contributed by atoms with Crippen molar-refractivity contribution in [2.24, 2.45) is 0 Å². The van der Waals surface area contributed by atoms with Crippen LogP contribution < -0.4 is 4.90 Å². The molecule has 0 spiro atoms. The van der Waals surface area contributed by atoms with Gasteiger partial charge in [0.2, 0.25) is 0 Å². The van der Waals surface area contributed by atoms with Crippen LogP contribution in [0.2, 0.25) is 0 Å². The molecule has 0 aliphatic heterocycles. The lowest BCUT2D eigenvalue weighted by atomic mass is 10.2. The second kappa shape index (κ2) is 6.48. The first-order chi connectivity index (χ1) is 8.19. The number of para-hydroxylation sites is 1. The highest BCUT2D eigenvalue weighted by atomic mass is 16.5. The summed E-state index contributed by atoms with van der Waals surface area (Å²) in [6.45, 7) is 1.66. The molecule has 0 N–H and O–H groups in total. The second-order valence-electron chi connectivity index (χ2n) is 3.34. The molecule has 17 heavy (non-hydrogen) atoms. The van der Waals surface area contributed by atoms with Gasteiger partial charge in [-0.15, -0.1) is 0 Å². The number of carbonyl (C=O) groups excluding carboxylic acids is 2. The maximum Gasteiger partial charge on any atom is 0.325 e. The number of hydrogen-bond acceptors (Lipinski definition) is 3. The fraction of sp³-hybridized carbons (Fsp3) is 0.231. The minimum Gasteiger partial charge on any atom is -0.468 e. The molecule has 1 rings (SSSR count). The van der Waals surface area contributed by atoms with Crippen molar-refractivity contribution in [2.75, 3.05) is 18.6 Å². The summed E-state index contributed by atoms with van der Waals surface area (Å²) >= 11 is 0. The fourth-order valence-electron chi connectivity index (χ4n) is 1.33. The third kappa shape index (κ3) is 3.75. The van der Waals surface area contributed by atoms with Gasteiger partial charge in [0.25, 0.3) is 5.91 Å². The van der Waals surface area contributed by atoms with Gasteiger partial charge in [-0.3, -0.25) is 14.5 Å². The topological polar surface area (TPSA) is 46.6 Å². The largest absolute Gasteiger partial charge is 0.468 e. The summed E-state index contributed by atoms with van der Waals surface area (Å²) in [6.07, 6.45) is 3.05. The van der Waals surface area contributed by atoms with E-state index in [9.17, 15) is 9.59 Å². The number of rotatable bonds is 4. The van der Waals surface area contributed by atoms with Crippen molar-refractivity contribution in [3.05, 3.63) is 42.5 Å². The van der Waals surface area contributed by atoms with Crippen LogP contribution in [-0.2, 0) is 14.3 Å². The summed E-state index contributed by atoms with van der Waals surface area (Å²) < 4.78 is 4.57. The molecule has 0 bridgehead atoms. The first kappa shape index (κ1) is 13.0. The number of esters is 1. The molecular formula is C13H15NO3. The van der Waals surface area contributed by atoms with Crippen molar-refractivity contribution in [2.45, 2.75) is 6.92 Å². The number of ether oxygens (including phenoxy) is 1. The fourth-order valence-corrected chi connectivity index (χ4v) is 1.33. The zero-order valence-electron chi connectivity index (χ0n) is 9.92. The quantitative estimate of drug-likeness (QED) is 0.588. The van der Waals surface area contributed by atoms with E-state index in [1.165, 1.54) is 18.1 Å². The Morgan fingerprint density at radius 2 is 1.94 bits per heavy atom. The van der Waals surface area contributed by atoms with Gasteiger partial charge in [0.05, 0.1) is 7.11 Å². The number of amides is 1. The summed E-state index contributed by atoms with van der Waals surface area (Å²) in [4.78, 5) is 24.5. The normalized spacial score (nSPS) is 10.2. The Morgan fingerprint density at radius 1 is 1.29 bits per heavy atom. The Morgan fingerprint density at radius 3 is 2.47 bits per heavy atom. The molecule has 0 aliphatic carbocycles. The number of carbonyl (C=O) groups is 2. The Balaban J connectivity index is 2.94. The van der Waals surface area contributed by atoms with Crippen LogP contribution in [0.4, 0.5) is 5.69 Å². The number of methoxy groups -OCH3 is 1. The Bertz CT molecular complexity index is 412. The maximum atomic E-state index is 11.8. The van der Waals surface area contributed by atoms with Gasteiger partial charge >= 0.3 is 5.97 Å². The number of hydrogen-bond donors (Lipinski definition) is 0. The van der Waals surface area contributed by atoms with E-state index in [2.05, 4.69) is 4.74 Å².